The fourth-order valence-corrected chi connectivity index (χ4v) is 1.95. The van der Waals surface area contributed by atoms with E-state index in [0.29, 0.717) is 17.9 Å². The van der Waals surface area contributed by atoms with Gasteiger partial charge < -0.3 is 0 Å². The van der Waals surface area contributed by atoms with E-state index >= 15 is 0 Å². The molecule has 1 atom stereocenters. The predicted molar refractivity (Wildman–Crippen MR) is 99.7 cm³/mol. The molecule has 0 saturated heterocycles. The molecule has 0 aromatic heterocycles. The van der Waals surface area contributed by atoms with Crippen molar-refractivity contribution in [2.75, 3.05) is 0 Å². The summed E-state index contributed by atoms with van der Waals surface area (Å²) < 4.78 is 59.2. The molecule has 2 nitrogen and oxygen atoms in total. The van der Waals surface area contributed by atoms with Gasteiger partial charge >= 0.3 is 52.5 Å². The third-order valence-electron chi connectivity index (χ3n) is 3.25. The molecule has 165 valence electrons. The Morgan fingerprint density at radius 3 is 1.66 bits per heavy atom. The molecule has 11 heteroatoms. The maximum absolute atomic E-state index is 11.6. The van der Waals surface area contributed by atoms with Crippen LogP contribution in [0.2, 0.25) is 5.02 Å². The third kappa shape index (κ3) is 22.0. The summed E-state index contributed by atoms with van der Waals surface area (Å²) in [5.41, 5.74) is 0.952. The fraction of sp³-hybridized carbons (Fsp3) is 0.278. The first kappa shape index (κ1) is 30.7. The van der Waals surface area contributed by atoms with Gasteiger partial charge in [0, 0.05) is 11.4 Å². The zero-order valence-electron chi connectivity index (χ0n) is 15.5. The number of carbonyl (C=O) groups is 2. The van der Waals surface area contributed by atoms with Crippen molar-refractivity contribution in [2.24, 2.45) is 5.92 Å². The van der Waals surface area contributed by atoms with Crippen LogP contribution in [0.5, 0.6) is 0 Å². The van der Waals surface area contributed by atoms with Crippen molar-refractivity contribution >= 4 is 31.0 Å². The topological polar surface area (TPSA) is 34.1 Å². The van der Waals surface area contributed by atoms with E-state index in [1.54, 1.807) is 13.0 Å². The molecule has 1 aromatic carbocycles. The number of halogens is 7. The van der Waals surface area contributed by atoms with Gasteiger partial charge in [0.15, 0.2) is 0 Å². The molecule has 0 aliphatic heterocycles. The molecule has 1 aromatic rings. The van der Waals surface area contributed by atoms with E-state index in [1.165, 1.54) is 6.92 Å². The van der Waals surface area contributed by atoms with Crippen molar-refractivity contribution in [1.82, 2.24) is 0 Å². The van der Waals surface area contributed by atoms with Crippen molar-refractivity contribution in [2.45, 2.75) is 26.7 Å². The van der Waals surface area contributed by atoms with Crippen LogP contribution in [-0.4, -0.2) is 11.6 Å². The predicted octanol–water partition coefficient (Wildman–Crippen LogP) is 7.47. The van der Waals surface area contributed by atoms with Crippen LogP contribution in [-0.2, 0) is 35.5 Å². The third-order valence-corrected chi connectivity index (χ3v) is 3.62. The summed E-state index contributed by atoms with van der Waals surface area (Å²) in [4.78, 5) is 22.6. The Balaban J connectivity index is 0. The first-order valence-corrected chi connectivity index (χ1v) is 10.4. The largest absolute Gasteiger partial charge is 2.00 e. The Kier molecular flexibility index (Phi) is 12.4. The average Bonchev–Trinajstić information content (AvgIpc) is 3.09. The normalized spacial score (nSPS) is 16.4. The summed E-state index contributed by atoms with van der Waals surface area (Å²) in [5, 5.41) is 0.672. The van der Waals surface area contributed by atoms with E-state index in [9.17, 15) is 34.8 Å². The molecule has 1 saturated carbocycles. The Hall–Kier alpha value is -0.517. The molecule has 0 bridgehead atoms. The standard InChI is InChI=1S/C13H15ClO2.C5H5.F6P.Ru/c1-9(10(2)15)13(16)8-7-11-5-3-4-6-12(11)14;1-2-4-5-3-1;1-7(2,3,4,5)6;/h3-6,9H,7-8H2,1-2H3;1-5H;;/q;;-1;+2. The van der Waals surface area contributed by atoms with Crippen LogP contribution in [0.15, 0.2) is 24.3 Å². The summed E-state index contributed by atoms with van der Waals surface area (Å²) in [6, 6.07) is 7.44. The Morgan fingerprint density at radius 1 is 0.931 bits per heavy atom. The number of Topliss-reactive ketones (excluding diaryl/α,β-unsaturated/α-hetero) is 2. The maximum atomic E-state index is 11.6. The molecule has 1 aliphatic rings. The van der Waals surface area contributed by atoms with Gasteiger partial charge in [-0.25, -0.2) is 0 Å². The van der Waals surface area contributed by atoms with E-state index in [1.807, 2.05) is 50.3 Å². The van der Waals surface area contributed by atoms with E-state index in [4.69, 9.17) is 11.6 Å². The van der Waals surface area contributed by atoms with Crippen LogP contribution < -0.4 is 0 Å². The number of ketones is 2. The molecule has 1 aliphatic carbocycles. The van der Waals surface area contributed by atoms with Crippen LogP contribution in [0.4, 0.5) is 25.2 Å². The van der Waals surface area contributed by atoms with E-state index in [0.717, 1.165) is 5.56 Å². The Morgan fingerprint density at radius 2 is 1.31 bits per heavy atom. The minimum absolute atomic E-state index is 0. The van der Waals surface area contributed by atoms with Gasteiger partial charge in [0.25, 0.3) is 0 Å². The molecule has 2 rings (SSSR count). The number of hydrogen-bond acceptors (Lipinski definition) is 2. The minimum Gasteiger partial charge on any atom is -0.0312 e. The molecule has 5 radical (unpaired) electrons. The van der Waals surface area contributed by atoms with Gasteiger partial charge in [-0.05, 0) is 64.0 Å². The van der Waals surface area contributed by atoms with Crippen LogP contribution in [0.25, 0.3) is 0 Å². The number of benzene rings is 1. The zero-order valence-corrected chi connectivity index (χ0v) is 18.8. The van der Waals surface area contributed by atoms with Crippen molar-refractivity contribution in [1.29, 1.82) is 0 Å². The summed E-state index contributed by atoms with van der Waals surface area (Å²) in [7, 11) is -10.7. The average molecular weight is 550 g/mol. The van der Waals surface area contributed by atoms with Gasteiger partial charge in [0.1, 0.15) is 11.6 Å². The smallest absolute Gasteiger partial charge is 0.0312 e. The molecular formula is C18H20ClF6O2PRu+. The van der Waals surface area contributed by atoms with Gasteiger partial charge in [-0.2, -0.15) is 0 Å². The molecule has 29 heavy (non-hydrogen) atoms. The van der Waals surface area contributed by atoms with Crippen molar-refractivity contribution in [3.8, 4) is 0 Å². The number of rotatable bonds is 5. The number of hydrogen-bond donors (Lipinski definition) is 0. The van der Waals surface area contributed by atoms with Crippen molar-refractivity contribution < 1.29 is 54.2 Å². The van der Waals surface area contributed by atoms with E-state index < -0.39 is 13.7 Å². The summed E-state index contributed by atoms with van der Waals surface area (Å²) in [6.07, 6.45) is 11.0. The van der Waals surface area contributed by atoms with Crippen LogP contribution in [0.1, 0.15) is 25.8 Å². The monoisotopic (exact) mass is 550 g/mol. The SMILES string of the molecule is CC(=O)C(C)C(=O)CCc1ccccc1Cl.F[P-](F)(F)(F)(F)F.[CH]1[CH][CH][CH][CH]1.[Ru+2]. The Labute approximate surface area is 184 Å². The van der Waals surface area contributed by atoms with Crippen molar-refractivity contribution in [3.63, 3.8) is 0 Å². The number of aryl methyl sites for hydroxylation is 1. The van der Waals surface area contributed by atoms with E-state index in [2.05, 4.69) is 0 Å². The van der Waals surface area contributed by atoms with Crippen LogP contribution >= 0.6 is 19.4 Å². The van der Waals surface area contributed by atoms with Crippen molar-refractivity contribution in [3.05, 3.63) is 67.0 Å². The fourth-order valence-electron chi connectivity index (χ4n) is 1.72. The van der Waals surface area contributed by atoms with E-state index in [-0.39, 0.29) is 31.0 Å². The van der Waals surface area contributed by atoms with Gasteiger partial charge in [-0.15, -0.1) is 0 Å². The van der Waals surface area contributed by atoms with Gasteiger partial charge in [0.05, 0.1) is 5.92 Å². The first-order chi connectivity index (χ1) is 12.5. The van der Waals surface area contributed by atoms with Gasteiger partial charge in [-0.1, -0.05) is 29.8 Å². The second-order valence-corrected chi connectivity index (χ2v) is 8.13. The minimum atomic E-state index is -10.7. The quantitative estimate of drug-likeness (QED) is 0.165. The first-order valence-electron chi connectivity index (χ1n) is 7.97. The summed E-state index contributed by atoms with van der Waals surface area (Å²) in [5.74, 6) is -0.598. The second kappa shape index (κ2) is 11.8. The molecule has 0 spiro atoms. The molecule has 1 fully saturated rings. The molecule has 0 N–H and O–H groups in total. The van der Waals surface area contributed by atoms with Gasteiger partial charge in [0.2, 0.25) is 0 Å². The zero-order chi connectivity index (χ0) is 22.1. The second-order valence-electron chi connectivity index (χ2n) is 5.81. The molecule has 1 unspecified atom stereocenters. The Bertz CT molecular complexity index is 644. The maximum Gasteiger partial charge on any atom is 2.00 e. The number of carbonyl (C=O) groups excluding carboxylic acids is 2. The molecule has 0 amide bonds. The van der Waals surface area contributed by atoms with Gasteiger partial charge in [-0.3, -0.25) is 9.59 Å². The van der Waals surface area contributed by atoms with Crippen LogP contribution in [0, 0.1) is 38.0 Å². The summed E-state index contributed by atoms with van der Waals surface area (Å²) in [6.45, 7) is 3.09. The molecule has 0 heterocycles. The molecular weight excluding hydrogens is 530 g/mol. The summed E-state index contributed by atoms with van der Waals surface area (Å²) >= 11 is 5.97. The van der Waals surface area contributed by atoms with Crippen LogP contribution in [0.3, 0.4) is 0 Å².